The van der Waals surface area contributed by atoms with Crippen LogP contribution in [0.2, 0.25) is 0 Å². The second kappa shape index (κ2) is 5.23. The Morgan fingerprint density at radius 3 is 2.71 bits per heavy atom. The van der Waals surface area contributed by atoms with Crippen molar-refractivity contribution < 1.29 is 13.9 Å². The lowest BCUT2D eigenvalue weighted by atomic mass is 9.76. The molecule has 1 aromatic rings. The molecule has 1 heterocycles. The molecular formula is C13H16ClFO2. The van der Waals surface area contributed by atoms with Crippen LogP contribution in [0.1, 0.15) is 18.9 Å². The lowest BCUT2D eigenvalue weighted by Gasteiger charge is -2.41. The molecule has 0 aliphatic carbocycles. The fourth-order valence-electron chi connectivity index (χ4n) is 2.09. The lowest BCUT2D eigenvalue weighted by molar-refractivity contribution is -0.0617. The minimum atomic E-state index is -0.315. The van der Waals surface area contributed by atoms with Crippen molar-refractivity contribution in [3.05, 3.63) is 29.6 Å². The van der Waals surface area contributed by atoms with Gasteiger partial charge in [0.05, 0.1) is 19.8 Å². The van der Waals surface area contributed by atoms with Crippen molar-refractivity contribution >= 4 is 11.6 Å². The van der Waals surface area contributed by atoms with Crippen LogP contribution in [0.25, 0.3) is 0 Å². The van der Waals surface area contributed by atoms with Gasteiger partial charge in [-0.15, -0.1) is 11.6 Å². The molecule has 0 radical (unpaired) electrons. The van der Waals surface area contributed by atoms with Gasteiger partial charge in [0.1, 0.15) is 0 Å². The smallest absolute Gasteiger partial charge is 0.165 e. The summed E-state index contributed by atoms with van der Waals surface area (Å²) in [5.74, 6) is 0.542. The molecule has 94 valence electrons. The van der Waals surface area contributed by atoms with Crippen molar-refractivity contribution in [1.82, 2.24) is 0 Å². The number of rotatable bonds is 5. The number of hydrogen-bond donors (Lipinski definition) is 0. The van der Waals surface area contributed by atoms with Crippen LogP contribution in [0.4, 0.5) is 4.39 Å². The van der Waals surface area contributed by atoms with Crippen molar-refractivity contribution in [3.63, 3.8) is 0 Å². The minimum Gasteiger partial charge on any atom is -0.491 e. The number of alkyl halides is 1. The molecule has 0 spiro atoms. The summed E-state index contributed by atoms with van der Waals surface area (Å²) >= 11 is 5.80. The largest absolute Gasteiger partial charge is 0.491 e. The topological polar surface area (TPSA) is 18.5 Å². The number of benzene rings is 1. The molecule has 0 saturated carbocycles. The third-order valence-corrected chi connectivity index (χ3v) is 3.36. The molecule has 0 unspecified atom stereocenters. The van der Waals surface area contributed by atoms with E-state index in [2.05, 4.69) is 0 Å². The van der Waals surface area contributed by atoms with Gasteiger partial charge in [0.15, 0.2) is 11.6 Å². The fourth-order valence-corrected chi connectivity index (χ4v) is 2.45. The van der Waals surface area contributed by atoms with Crippen LogP contribution < -0.4 is 4.74 Å². The Labute approximate surface area is 106 Å². The van der Waals surface area contributed by atoms with Crippen LogP contribution in [-0.4, -0.2) is 25.7 Å². The molecule has 1 fully saturated rings. The van der Waals surface area contributed by atoms with Crippen LogP contribution in [0.15, 0.2) is 18.2 Å². The van der Waals surface area contributed by atoms with Crippen LogP contribution in [0.3, 0.4) is 0 Å². The van der Waals surface area contributed by atoms with E-state index in [1.54, 1.807) is 12.1 Å². The van der Waals surface area contributed by atoms with Gasteiger partial charge >= 0.3 is 0 Å². The molecule has 2 nitrogen and oxygen atoms in total. The Kier molecular flexibility index (Phi) is 3.89. The van der Waals surface area contributed by atoms with Crippen molar-refractivity contribution in [2.75, 3.05) is 25.7 Å². The lowest BCUT2D eigenvalue weighted by Crippen LogP contribution is -2.47. The summed E-state index contributed by atoms with van der Waals surface area (Å²) in [7, 11) is 0. The quantitative estimate of drug-likeness (QED) is 0.756. The van der Waals surface area contributed by atoms with E-state index in [0.29, 0.717) is 31.5 Å². The highest BCUT2D eigenvalue weighted by Crippen LogP contribution is 2.37. The maximum atomic E-state index is 13.8. The van der Waals surface area contributed by atoms with Gasteiger partial charge in [-0.05, 0) is 31.0 Å². The molecule has 1 aliphatic heterocycles. The van der Waals surface area contributed by atoms with Gasteiger partial charge < -0.3 is 9.47 Å². The molecule has 0 aromatic heterocycles. The predicted octanol–water partition coefficient (Wildman–Crippen LogP) is 3.12. The minimum absolute atomic E-state index is 0.104. The average Bonchev–Trinajstić information content (AvgIpc) is 2.27. The van der Waals surface area contributed by atoms with E-state index in [0.717, 1.165) is 12.0 Å². The normalized spacial score (nSPS) is 17.6. The first kappa shape index (κ1) is 12.7. The summed E-state index contributed by atoms with van der Waals surface area (Å²) < 4.78 is 24.2. The number of hydrogen-bond acceptors (Lipinski definition) is 2. The Morgan fingerprint density at radius 2 is 2.24 bits per heavy atom. The van der Waals surface area contributed by atoms with E-state index in [1.807, 2.05) is 13.0 Å². The molecule has 1 aliphatic rings. The van der Waals surface area contributed by atoms with Crippen molar-refractivity contribution in [2.24, 2.45) is 0 Å². The molecular weight excluding hydrogens is 243 g/mol. The molecule has 4 heteroatoms. The van der Waals surface area contributed by atoms with Gasteiger partial charge in [0.2, 0.25) is 0 Å². The van der Waals surface area contributed by atoms with Gasteiger partial charge in [0.25, 0.3) is 0 Å². The maximum Gasteiger partial charge on any atom is 0.165 e. The first-order valence-electron chi connectivity index (χ1n) is 5.78. The highest BCUT2D eigenvalue weighted by Gasteiger charge is 2.40. The Bertz CT molecular complexity index is 391. The fraction of sp³-hybridized carbons (Fsp3) is 0.538. The van der Waals surface area contributed by atoms with Gasteiger partial charge in [0, 0.05) is 11.3 Å². The van der Waals surface area contributed by atoms with E-state index in [1.165, 1.54) is 0 Å². The third-order valence-electron chi connectivity index (χ3n) is 3.17. The SMILES string of the molecule is CCOc1ccc(C2(CCCl)COC2)cc1F. The first-order chi connectivity index (χ1) is 8.22. The maximum absolute atomic E-state index is 13.8. The zero-order valence-electron chi connectivity index (χ0n) is 9.84. The van der Waals surface area contributed by atoms with Gasteiger partial charge in [-0.25, -0.2) is 4.39 Å². The van der Waals surface area contributed by atoms with Crippen LogP contribution in [0.5, 0.6) is 5.75 Å². The van der Waals surface area contributed by atoms with Gasteiger partial charge in [-0.1, -0.05) is 6.07 Å². The average molecular weight is 259 g/mol. The number of halogens is 2. The van der Waals surface area contributed by atoms with Crippen molar-refractivity contribution in [3.8, 4) is 5.75 Å². The first-order valence-corrected chi connectivity index (χ1v) is 6.32. The number of ether oxygens (including phenoxy) is 2. The van der Waals surface area contributed by atoms with Crippen LogP contribution in [0, 0.1) is 5.82 Å². The predicted molar refractivity (Wildman–Crippen MR) is 65.4 cm³/mol. The van der Waals surface area contributed by atoms with Crippen LogP contribution in [-0.2, 0) is 10.2 Å². The molecule has 1 aromatic carbocycles. The van der Waals surface area contributed by atoms with Crippen molar-refractivity contribution in [2.45, 2.75) is 18.8 Å². The highest BCUT2D eigenvalue weighted by atomic mass is 35.5. The van der Waals surface area contributed by atoms with E-state index >= 15 is 0 Å². The summed E-state index contributed by atoms with van der Waals surface area (Å²) in [5, 5.41) is 0. The standard InChI is InChI=1S/C13H16ClFO2/c1-2-17-12-4-3-10(7-11(12)15)13(5-6-14)8-16-9-13/h3-4,7H,2,5-6,8-9H2,1H3. The van der Waals surface area contributed by atoms with Gasteiger partial charge in [-0.2, -0.15) is 0 Å². The zero-order chi connectivity index (χ0) is 12.3. The van der Waals surface area contributed by atoms with Crippen LogP contribution >= 0.6 is 11.6 Å². The summed E-state index contributed by atoms with van der Waals surface area (Å²) in [5.41, 5.74) is 0.846. The summed E-state index contributed by atoms with van der Waals surface area (Å²) in [6.07, 6.45) is 0.808. The van der Waals surface area contributed by atoms with E-state index in [9.17, 15) is 4.39 Å². The molecule has 0 bridgehead atoms. The van der Waals surface area contributed by atoms with E-state index < -0.39 is 0 Å². The zero-order valence-corrected chi connectivity index (χ0v) is 10.6. The second-order valence-electron chi connectivity index (χ2n) is 4.29. The molecule has 1 saturated heterocycles. The Balaban J connectivity index is 2.24. The molecule has 17 heavy (non-hydrogen) atoms. The second-order valence-corrected chi connectivity index (χ2v) is 4.67. The third kappa shape index (κ3) is 2.40. The summed E-state index contributed by atoms with van der Waals surface area (Å²) in [6.45, 7) is 3.54. The molecule has 2 rings (SSSR count). The van der Waals surface area contributed by atoms with E-state index in [4.69, 9.17) is 21.1 Å². The monoisotopic (exact) mass is 258 g/mol. The Morgan fingerprint density at radius 1 is 1.47 bits per heavy atom. The van der Waals surface area contributed by atoms with E-state index in [-0.39, 0.29) is 11.2 Å². The summed E-state index contributed by atoms with van der Waals surface area (Å²) in [4.78, 5) is 0. The molecule has 0 atom stereocenters. The van der Waals surface area contributed by atoms with Crippen molar-refractivity contribution in [1.29, 1.82) is 0 Å². The van der Waals surface area contributed by atoms with Gasteiger partial charge in [-0.3, -0.25) is 0 Å². The highest BCUT2D eigenvalue weighted by molar-refractivity contribution is 6.17. The molecule has 0 amide bonds. The summed E-state index contributed by atoms with van der Waals surface area (Å²) in [6, 6.07) is 5.13. The molecule has 0 N–H and O–H groups in total. The Hall–Kier alpha value is -0.800.